The van der Waals surface area contributed by atoms with E-state index in [2.05, 4.69) is 15.6 Å². The maximum Gasteiger partial charge on any atom is 0.288 e. The van der Waals surface area contributed by atoms with Gasteiger partial charge in [0, 0.05) is 17.0 Å². The molecular weight excluding hydrogens is 428 g/mol. The number of nitrogens with one attached hydrogen (secondary N) is 1. The Morgan fingerprint density at radius 2 is 1.91 bits per heavy atom. The number of hydrogen-bond donors (Lipinski definition) is 1. The van der Waals surface area contributed by atoms with Gasteiger partial charge in [0.2, 0.25) is 0 Å². The number of nitrogens with zero attached hydrogens (tertiary/aromatic N) is 3. The minimum Gasteiger partial charge on any atom is -0.360 e. The highest BCUT2D eigenvalue weighted by Crippen LogP contribution is 2.30. The first-order valence-corrected chi connectivity index (χ1v) is 11.8. The van der Waals surface area contributed by atoms with Crippen molar-refractivity contribution in [1.82, 2.24) is 19.7 Å². The van der Waals surface area contributed by atoms with Gasteiger partial charge in [-0.1, -0.05) is 17.3 Å². The van der Waals surface area contributed by atoms with Gasteiger partial charge in [0.25, 0.3) is 15.9 Å². The second kappa shape index (κ2) is 7.30. The number of rotatable bonds is 5. The van der Waals surface area contributed by atoms with Crippen molar-refractivity contribution < 1.29 is 17.7 Å². The normalized spacial score (nSPS) is 14.1. The number of carbonyl (C=O) groups excluding carboxylic acids is 1. The van der Waals surface area contributed by atoms with E-state index in [1.54, 1.807) is 19.9 Å². The molecule has 0 atom stereocenters. The van der Waals surface area contributed by atoms with E-state index in [0.29, 0.717) is 22.2 Å². The summed E-state index contributed by atoms with van der Waals surface area (Å²) < 4.78 is 32.4. The van der Waals surface area contributed by atoms with Gasteiger partial charge in [-0.3, -0.25) is 4.79 Å². The van der Waals surface area contributed by atoms with E-state index >= 15 is 0 Å². The summed E-state index contributed by atoms with van der Waals surface area (Å²) in [6.45, 7) is 5.13. The third-order valence-corrected chi connectivity index (χ3v) is 7.56. The summed E-state index contributed by atoms with van der Waals surface area (Å²) >= 11 is 0. The van der Waals surface area contributed by atoms with Crippen molar-refractivity contribution in [2.24, 2.45) is 0 Å². The fourth-order valence-corrected chi connectivity index (χ4v) is 5.45. The second-order valence-corrected chi connectivity index (χ2v) is 9.90. The molecule has 1 aliphatic carbocycles. The largest absolute Gasteiger partial charge is 0.360 e. The highest BCUT2D eigenvalue weighted by Gasteiger charge is 2.28. The molecule has 4 aromatic rings. The minimum atomic E-state index is -3.95. The number of hydrogen-bond acceptors (Lipinski definition) is 6. The van der Waals surface area contributed by atoms with E-state index in [0.717, 1.165) is 33.6 Å². The lowest BCUT2D eigenvalue weighted by Crippen LogP contribution is -2.25. The number of aryl methyl sites for hydroxylation is 3. The molecule has 0 bridgehead atoms. The van der Waals surface area contributed by atoms with Crippen LogP contribution in [-0.2, 0) is 10.0 Å². The molecule has 5 rings (SSSR count). The van der Waals surface area contributed by atoms with Crippen molar-refractivity contribution in [3.63, 3.8) is 0 Å². The van der Waals surface area contributed by atoms with Crippen LogP contribution < -0.4 is 5.32 Å². The van der Waals surface area contributed by atoms with Crippen LogP contribution in [-0.4, -0.2) is 34.7 Å². The van der Waals surface area contributed by atoms with Gasteiger partial charge in [0.15, 0.2) is 10.7 Å². The molecule has 0 aliphatic heterocycles. The molecule has 0 saturated heterocycles. The predicted molar refractivity (Wildman–Crippen MR) is 119 cm³/mol. The molecule has 0 spiro atoms. The molecule has 1 saturated carbocycles. The summed E-state index contributed by atoms with van der Waals surface area (Å²) in [7, 11) is -3.95. The summed E-state index contributed by atoms with van der Waals surface area (Å²) in [4.78, 5) is 12.5. The van der Waals surface area contributed by atoms with E-state index in [4.69, 9.17) is 4.52 Å². The second-order valence-electron chi connectivity index (χ2n) is 8.20. The molecule has 8 nitrogen and oxygen atoms in total. The zero-order valence-electron chi connectivity index (χ0n) is 17.9. The van der Waals surface area contributed by atoms with Crippen molar-refractivity contribution in [1.29, 1.82) is 0 Å². The Balaban J connectivity index is 1.55. The molecule has 2 aromatic carbocycles. The summed E-state index contributed by atoms with van der Waals surface area (Å²) in [5.41, 5.74) is 4.16. The van der Waals surface area contributed by atoms with Gasteiger partial charge in [0.05, 0.1) is 11.7 Å². The number of aromatic nitrogens is 3. The lowest BCUT2D eigenvalue weighted by atomic mass is 9.97. The molecule has 9 heteroatoms. The van der Waals surface area contributed by atoms with Gasteiger partial charge in [-0.05, 0) is 74.6 Å². The van der Waals surface area contributed by atoms with Crippen molar-refractivity contribution >= 4 is 26.8 Å². The van der Waals surface area contributed by atoms with E-state index in [1.807, 2.05) is 37.3 Å². The summed E-state index contributed by atoms with van der Waals surface area (Å²) in [5.74, 6) is 0.146. The highest BCUT2D eigenvalue weighted by molar-refractivity contribution is 7.90. The number of fused-ring (bicyclic) bond motifs is 1. The highest BCUT2D eigenvalue weighted by atomic mass is 32.2. The maximum atomic E-state index is 13.2. The molecule has 1 N–H and O–H groups in total. The van der Waals surface area contributed by atoms with E-state index in [9.17, 15) is 13.2 Å². The Kier molecular flexibility index (Phi) is 4.67. The molecule has 1 fully saturated rings. The smallest absolute Gasteiger partial charge is 0.288 e. The zero-order chi connectivity index (χ0) is 22.6. The standard InChI is InChI=1S/C23H22N4O4S/c1-13-4-5-17(23(28)25-19-7-8-19)11-20(13)16-6-9-21-18(10-16)12-24-27(21)32(29,30)22-14(2)26-31-15(22)3/h4-6,9-12,19H,7-8H2,1-3H3,(H,25,28). The number of amides is 1. The quantitative estimate of drug-likeness (QED) is 0.496. The van der Waals surface area contributed by atoms with E-state index < -0.39 is 10.0 Å². The molecular formula is C23H22N4O4S. The molecule has 32 heavy (non-hydrogen) atoms. The first kappa shape index (κ1) is 20.4. The lowest BCUT2D eigenvalue weighted by Gasteiger charge is -2.10. The van der Waals surface area contributed by atoms with Gasteiger partial charge in [-0.25, -0.2) is 0 Å². The summed E-state index contributed by atoms with van der Waals surface area (Å²) in [6.07, 6.45) is 3.58. The van der Waals surface area contributed by atoms with Gasteiger partial charge >= 0.3 is 0 Å². The van der Waals surface area contributed by atoms with Crippen molar-refractivity contribution in [2.45, 2.75) is 44.6 Å². The molecule has 0 unspecified atom stereocenters. The molecule has 2 heterocycles. The average molecular weight is 451 g/mol. The fourth-order valence-electron chi connectivity index (χ4n) is 3.87. The van der Waals surface area contributed by atoms with Crippen LogP contribution in [0.2, 0.25) is 0 Å². The van der Waals surface area contributed by atoms with Crippen LogP contribution in [0.4, 0.5) is 0 Å². The number of benzene rings is 2. The minimum absolute atomic E-state index is 0.0248. The van der Waals surface area contributed by atoms with Crippen LogP contribution >= 0.6 is 0 Å². The van der Waals surface area contributed by atoms with Crippen LogP contribution in [0.15, 0.2) is 52.0 Å². The van der Waals surface area contributed by atoms with Crippen molar-refractivity contribution in [2.75, 3.05) is 0 Å². The Bertz CT molecular complexity index is 1460. The van der Waals surface area contributed by atoms with Gasteiger partial charge in [0.1, 0.15) is 5.69 Å². The van der Waals surface area contributed by atoms with Gasteiger partial charge in [-0.15, -0.1) is 0 Å². The molecule has 1 aliphatic rings. The van der Waals surface area contributed by atoms with E-state index in [1.165, 1.54) is 6.20 Å². The fraction of sp³-hybridized carbons (Fsp3) is 0.261. The third kappa shape index (κ3) is 3.38. The topological polar surface area (TPSA) is 107 Å². The SMILES string of the molecule is Cc1ccc(C(=O)NC2CC2)cc1-c1ccc2c(cnn2S(=O)(=O)c2c(C)noc2C)c1. The predicted octanol–water partition coefficient (Wildman–Crippen LogP) is 3.75. The van der Waals surface area contributed by atoms with Gasteiger partial charge in [-0.2, -0.15) is 17.6 Å². The first-order chi connectivity index (χ1) is 15.3. The monoisotopic (exact) mass is 450 g/mol. The Labute approximate surface area is 185 Å². The molecule has 1 amide bonds. The molecule has 0 radical (unpaired) electrons. The first-order valence-electron chi connectivity index (χ1n) is 10.3. The summed E-state index contributed by atoms with van der Waals surface area (Å²) in [5, 5.41) is 11.6. The van der Waals surface area contributed by atoms with Crippen LogP contribution in [0.5, 0.6) is 0 Å². The molecule has 164 valence electrons. The van der Waals surface area contributed by atoms with Crippen LogP contribution in [0.25, 0.3) is 22.0 Å². The zero-order valence-corrected chi connectivity index (χ0v) is 18.7. The third-order valence-electron chi connectivity index (χ3n) is 5.71. The van der Waals surface area contributed by atoms with Gasteiger partial charge < -0.3 is 9.84 Å². The Morgan fingerprint density at radius 3 is 2.59 bits per heavy atom. The van der Waals surface area contributed by atoms with Crippen LogP contribution in [0.3, 0.4) is 0 Å². The summed E-state index contributed by atoms with van der Waals surface area (Å²) in [6, 6.07) is 11.4. The Morgan fingerprint density at radius 1 is 1.12 bits per heavy atom. The Hall–Kier alpha value is -3.46. The molecule has 2 aromatic heterocycles. The van der Waals surface area contributed by atoms with Crippen LogP contribution in [0.1, 0.15) is 40.2 Å². The maximum absolute atomic E-state index is 13.2. The van der Waals surface area contributed by atoms with Crippen LogP contribution in [0, 0.1) is 20.8 Å². The van der Waals surface area contributed by atoms with Crippen molar-refractivity contribution in [3.05, 3.63) is 65.2 Å². The lowest BCUT2D eigenvalue weighted by molar-refractivity contribution is 0.0951. The number of carbonyl (C=O) groups is 1. The average Bonchev–Trinajstić information content (AvgIpc) is 3.34. The van der Waals surface area contributed by atoms with Crippen molar-refractivity contribution in [3.8, 4) is 11.1 Å². The van der Waals surface area contributed by atoms with E-state index in [-0.39, 0.29) is 22.6 Å².